The molecule has 0 fully saturated rings. The van der Waals surface area contributed by atoms with Crippen LogP contribution < -0.4 is 5.32 Å². The van der Waals surface area contributed by atoms with Crippen LogP contribution in [0, 0.1) is 4.77 Å². The Hall–Kier alpha value is -3.52. The van der Waals surface area contributed by atoms with Crippen LogP contribution in [0.1, 0.15) is 12.5 Å². The van der Waals surface area contributed by atoms with Gasteiger partial charge in [-0.05, 0) is 42.9 Å². The SMILES string of the molecule is CCn1c(=S)[nH]c2cc3c(NCc4ccccc4-n4ccnc4)ncnc3cc21. The summed E-state index contributed by atoms with van der Waals surface area (Å²) in [6.45, 7) is 3.52. The van der Waals surface area contributed by atoms with Crippen LogP contribution in [-0.4, -0.2) is 29.1 Å². The van der Waals surface area contributed by atoms with Gasteiger partial charge in [-0.15, -0.1) is 0 Å². The molecule has 0 radical (unpaired) electrons. The Kier molecular flexibility index (Phi) is 4.33. The van der Waals surface area contributed by atoms with E-state index in [0.29, 0.717) is 6.54 Å². The number of imidazole rings is 2. The molecule has 2 N–H and O–H groups in total. The summed E-state index contributed by atoms with van der Waals surface area (Å²) in [5.41, 5.74) is 5.16. The first-order chi connectivity index (χ1) is 14.2. The molecule has 0 saturated heterocycles. The van der Waals surface area contributed by atoms with Gasteiger partial charge in [-0.1, -0.05) is 18.2 Å². The summed E-state index contributed by atoms with van der Waals surface area (Å²) in [6, 6.07) is 12.4. The molecule has 29 heavy (non-hydrogen) atoms. The predicted octanol–water partition coefficient (Wildman–Crippen LogP) is 4.46. The van der Waals surface area contributed by atoms with Crippen molar-refractivity contribution in [1.29, 1.82) is 0 Å². The van der Waals surface area contributed by atoms with Gasteiger partial charge in [-0.25, -0.2) is 15.0 Å². The predicted molar refractivity (Wildman–Crippen MR) is 117 cm³/mol. The number of anilines is 1. The molecule has 0 unspecified atom stereocenters. The van der Waals surface area contributed by atoms with Gasteiger partial charge in [-0.2, -0.15) is 0 Å². The Morgan fingerprint density at radius 3 is 2.90 bits per heavy atom. The number of benzene rings is 2. The molecule has 0 amide bonds. The van der Waals surface area contributed by atoms with E-state index in [9.17, 15) is 0 Å². The van der Waals surface area contributed by atoms with Crippen LogP contribution in [0.4, 0.5) is 5.82 Å². The van der Waals surface area contributed by atoms with Crippen molar-refractivity contribution in [2.45, 2.75) is 20.0 Å². The van der Waals surface area contributed by atoms with Crippen LogP contribution in [0.2, 0.25) is 0 Å². The number of para-hydroxylation sites is 1. The lowest BCUT2D eigenvalue weighted by molar-refractivity contribution is 0.774. The maximum Gasteiger partial charge on any atom is 0.178 e. The summed E-state index contributed by atoms with van der Waals surface area (Å²) in [5.74, 6) is 0.793. The number of hydrogen-bond donors (Lipinski definition) is 2. The molecule has 2 aromatic carbocycles. The molecule has 0 aliphatic carbocycles. The smallest absolute Gasteiger partial charge is 0.178 e. The first-order valence-electron chi connectivity index (χ1n) is 9.42. The zero-order chi connectivity index (χ0) is 19.8. The van der Waals surface area contributed by atoms with E-state index in [4.69, 9.17) is 12.2 Å². The van der Waals surface area contributed by atoms with Crippen molar-refractivity contribution in [3.05, 3.63) is 71.8 Å². The molecule has 0 aliphatic heterocycles. The minimum absolute atomic E-state index is 0.629. The quantitative estimate of drug-likeness (QED) is 0.425. The van der Waals surface area contributed by atoms with E-state index in [0.717, 1.165) is 50.3 Å². The van der Waals surface area contributed by atoms with Crippen LogP contribution in [0.3, 0.4) is 0 Å². The second kappa shape index (κ2) is 7.14. The molecular formula is C21H19N7S. The van der Waals surface area contributed by atoms with Gasteiger partial charge in [0.05, 0.1) is 28.6 Å². The third-order valence-electron chi connectivity index (χ3n) is 5.07. The monoisotopic (exact) mass is 401 g/mol. The number of aromatic nitrogens is 6. The molecule has 3 aromatic heterocycles. The molecule has 0 saturated carbocycles. The highest BCUT2D eigenvalue weighted by molar-refractivity contribution is 7.71. The highest BCUT2D eigenvalue weighted by atomic mass is 32.1. The van der Waals surface area contributed by atoms with Crippen LogP contribution >= 0.6 is 12.2 Å². The summed E-state index contributed by atoms with van der Waals surface area (Å²) in [5, 5.41) is 4.43. The number of nitrogens with one attached hydrogen (secondary N) is 2. The van der Waals surface area contributed by atoms with E-state index in [2.05, 4.69) is 61.0 Å². The Bertz CT molecular complexity index is 1370. The molecule has 5 rings (SSSR count). The van der Waals surface area contributed by atoms with Gasteiger partial charge in [0.2, 0.25) is 0 Å². The fraction of sp³-hybridized carbons (Fsp3) is 0.143. The normalized spacial score (nSPS) is 11.3. The highest BCUT2D eigenvalue weighted by Gasteiger charge is 2.10. The molecule has 0 spiro atoms. The van der Waals surface area contributed by atoms with Crippen LogP contribution in [0.5, 0.6) is 0 Å². The van der Waals surface area contributed by atoms with Crippen molar-refractivity contribution in [3.63, 3.8) is 0 Å². The van der Waals surface area contributed by atoms with Crippen molar-refractivity contribution in [3.8, 4) is 5.69 Å². The number of aromatic amines is 1. The minimum Gasteiger partial charge on any atom is -0.365 e. The van der Waals surface area contributed by atoms with E-state index >= 15 is 0 Å². The van der Waals surface area contributed by atoms with Gasteiger partial charge < -0.3 is 19.4 Å². The summed E-state index contributed by atoms with van der Waals surface area (Å²) in [4.78, 5) is 16.4. The molecule has 144 valence electrons. The van der Waals surface area contributed by atoms with Crippen molar-refractivity contribution in [2.24, 2.45) is 0 Å². The van der Waals surface area contributed by atoms with Gasteiger partial charge in [0.25, 0.3) is 0 Å². The summed E-state index contributed by atoms with van der Waals surface area (Å²) in [7, 11) is 0. The first-order valence-corrected chi connectivity index (χ1v) is 9.83. The average molecular weight is 401 g/mol. The first kappa shape index (κ1) is 17.6. The number of aryl methyl sites for hydroxylation is 1. The molecular weight excluding hydrogens is 382 g/mol. The van der Waals surface area contributed by atoms with Crippen molar-refractivity contribution in [1.82, 2.24) is 29.1 Å². The fourth-order valence-corrected chi connectivity index (χ4v) is 3.99. The molecule has 8 heteroatoms. The van der Waals surface area contributed by atoms with Gasteiger partial charge in [-0.3, -0.25) is 0 Å². The Morgan fingerprint density at radius 1 is 1.17 bits per heavy atom. The number of H-pyrrole nitrogens is 1. The zero-order valence-corrected chi connectivity index (χ0v) is 16.6. The summed E-state index contributed by atoms with van der Waals surface area (Å²) < 4.78 is 4.79. The molecule has 7 nitrogen and oxygen atoms in total. The van der Waals surface area contributed by atoms with Crippen molar-refractivity contribution >= 4 is 40.0 Å². The topological polar surface area (TPSA) is 76.3 Å². The molecule has 0 bridgehead atoms. The van der Waals surface area contributed by atoms with E-state index in [1.54, 1.807) is 18.9 Å². The average Bonchev–Trinajstić information content (AvgIpc) is 3.38. The minimum atomic E-state index is 0.629. The standard InChI is InChI=1S/C21H19N7S/c1-2-28-19-10-16-15(9-17(19)26-21(28)29)20(25-12-24-16)23-11-14-5-3-4-6-18(14)27-8-7-22-13-27/h3-10,12-13H,2,11H2,1H3,(H,26,29)(H,23,24,25). The molecule has 0 aliphatic rings. The molecule has 5 aromatic rings. The van der Waals surface area contributed by atoms with Crippen LogP contribution in [-0.2, 0) is 13.1 Å². The second-order valence-corrected chi connectivity index (χ2v) is 7.12. The van der Waals surface area contributed by atoms with E-state index in [-0.39, 0.29) is 0 Å². The van der Waals surface area contributed by atoms with Gasteiger partial charge in [0, 0.05) is 30.9 Å². The largest absolute Gasteiger partial charge is 0.365 e. The third-order valence-corrected chi connectivity index (χ3v) is 5.39. The maximum absolute atomic E-state index is 5.44. The maximum atomic E-state index is 5.44. The zero-order valence-electron chi connectivity index (χ0n) is 15.8. The van der Waals surface area contributed by atoms with Gasteiger partial charge in [0.1, 0.15) is 12.1 Å². The highest BCUT2D eigenvalue weighted by Crippen LogP contribution is 2.26. The van der Waals surface area contributed by atoms with Crippen LogP contribution in [0.15, 0.2) is 61.4 Å². The second-order valence-electron chi connectivity index (χ2n) is 6.74. The van der Waals surface area contributed by atoms with Gasteiger partial charge >= 0.3 is 0 Å². The van der Waals surface area contributed by atoms with Crippen LogP contribution in [0.25, 0.3) is 27.6 Å². The Labute approximate surface area is 172 Å². The fourth-order valence-electron chi connectivity index (χ4n) is 3.66. The number of hydrogen-bond acceptors (Lipinski definition) is 5. The summed E-state index contributed by atoms with van der Waals surface area (Å²) in [6.07, 6.45) is 7.11. The molecule has 0 atom stereocenters. The van der Waals surface area contributed by atoms with Crippen molar-refractivity contribution < 1.29 is 0 Å². The number of fused-ring (bicyclic) bond motifs is 2. The van der Waals surface area contributed by atoms with E-state index in [1.165, 1.54) is 0 Å². The molecule has 3 heterocycles. The lowest BCUT2D eigenvalue weighted by atomic mass is 10.1. The van der Waals surface area contributed by atoms with Gasteiger partial charge in [0.15, 0.2) is 4.77 Å². The Balaban J connectivity index is 1.54. The van der Waals surface area contributed by atoms with Crippen molar-refractivity contribution in [2.75, 3.05) is 5.32 Å². The number of rotatable bonds is 5. The van der Waals surface area contributed by atoms with E-state index < -0.39 is 0 Å². The third kappa shape index (κ3) is 3.07. The lowest BCUT2D eigenvalue weighted by Gasteiger charge is -2.13. The summed E-state index contributed by atoms with van der Waals surface area (Å²) >= 11 is 5.44. The number of nitrogens with zero attached hydrogens (tertiary/aromatic N) is 5. The lowest BCUT2D eigenvalue weighted by Crippen LogP contribution is -2.06. The van der Waals surface area contributed by atoms with E-state index in [1.807, 2.05) is 22.9 Å². The Morgan fingerprint density at radius 2 is 2.07 bits per heavy atom.